The van der Waals surface area contributed by atoms with Gasteiger partial charge in [0, 0.05) is 13.1 Å². The fourth-order valence-corrected chi connectivity index (χ4v) is 2.36. The normalized spacial score (nSPS) is 11.7. The Morgan fingerprint density at radius 3 is 2.44 bits per heavy atom. The van der Waals surface area contributed by atoms with Crippen molar-refractivity contribution in [2.75, 3.05) is 12.8 Å². The van der Waals surface area contributed by atoms with Crippen LogP contribution in [-0.2, 0) is 21.4 Å². The van der Waals surface area contributed by atoms with Crippen molar-refractivity contribution in [1.29, 1.82) is 0 Å². The van der Waals surface area contributed by atoms with Gasteiger partial charge < -0.3 is 5.11 Å². The summed E-state index contributed by atoms with van der Waals surface area (Å²) in [6.07, 6.45) is 0.895. The van der Waals surface area contributed by atoms with Crippen LogP contribution in [0, 0.1) is 6.92 Å². The van der Waals surface area contributed by atoms with Gasteiger partial charge in [0.1, 0.15) is 0 Å². The Bertz CT molecular complexity index is 525. The van der Waals surface area contributed by atoms with Crippen molar-refractivity contribution >= 4 is 16.0 Å². The molecule has 0 radical (unpaired) electrons. The maximum Gasteiger partial charge on any atom is 0.304 e. The first-order valence-electron chi connectivity index (χ1n) is 5.52. The van der Waals surface area contributed by atoms with Gasteiger partial charge in [-0.3, -0.25) is 4.79 Å². The predicted octanol–water partition coefficient (Wildman–Crippen LogP) is 1.23. The quantitative estimate of drug-likeness (QED) is 0.844. The van der Waals surface area contributed by atoms with Gasteiger partial charge in [-0.25, -0.2) is 8.42 Å². The van der Waals surface area contributed by atoms with E-state index in [9.17, 15) is 13.2 Å². The smallest absolute Gasteiger partial charge is 0.304 e. The molecular weight excluding hydrogens is 254 g/mol. The van der Waals surface area contributed by atoms with Crippen molar-refractivity contribution in [3.8, 4) is 0 Å². The standard InChI is InChI=1S/C12H17NO4S/c1-10-5-3-4-6-11(10)9-13(18(2,16)17)8-7-12(14)15/h3-6H,7-9H2,1-2H3,(H,14,15). The Hall–Kier alpha value is -1.40. The lowest BCUT2D eigenvalue weighted by molar-refractivity contribution is -0.137. The number of rotatable bonds is 6. The first-order chi connectivity index (χ1) is 8.30. The molecular formula is C12H17NO4S. The number of hydrogen-bond donors (Lipinski definition) is 1. The summed E-state index contributed by atoms with van der Waals surface area (Å²) in [7, 11) is -3.41. The van der Waals surface area contributed by atoms with E-state index in [4.69, 9.17) is 5.11 Å². The van der Waals surface area contributed by atoms with Crippen LogP contribution in [0.15, 0.2) is 24.3 Å². The molecule has 6 heteroatoms. The molecule has 1 N–H and O–H groups in total. The van der Waals surface area contributed by atoms with Crippen molar-refractivity contribution in [2.24, 2.45) is 0 Å². The molecule has 18 heavy (non-hydrogen) atoms. The Morgan fingerprint density at radius 2 is 1.94 bits per heavy atom. The number of carboxylic acids is 1. The lowest BCUT2D eigenvalue weighted by atomic mass is 10.1. The number of carbonyl (C=O) groups is 1. The number of aryl methyl sites for hydroxylation is 1. The Balaban J connectivity index is 2.86. The highest BCUT2D eigenvalue weighted by Crippen LogP contribution is 2.13. The minimum atomic E-state index is -3.41. The molecule has 0 atom stereocenters. The monoisotopic (exact) mass is 271 g/mol. The van der Waals surface area contributed by atoms with E-state index in [0.29, 0.717) is 0 Å². The van der Waals surface area contributed by atoms with Crippen LogP contribution >= 0.6 is 0 Å². The zero-order valence-electron chi connectivity index (χ0n) is 10.5. The topological polar surface area (TPSA) is 74.7 Å². The first-order valence-corrected chi connectivity index (χ1v) is 7.37. The van der Waals surface area contributed by atoms with Gasteiger partial charge in [0.2, 0.25) is 10.0 Å². The van der Waals surface area contributed by atoms with E-state index in [1.807, 2.05) is 31.2 Å². The minimum absolute atomic E-state index is 0.0114. The van der Waals surface area contributed by atoms with Gasteiger partial charge in [-0.1, -0.05) is 24.3 Å². The van der Waals surface area contributed by atoms with Crippen LogP contribution in [0.3, 0.4) is 0 Å². The molecule has 5 nitrogen and oxygen atoms in total. The highest BCUT2D eigenvalue weighted by atomic mass is 32.2. The largest absolute Gasteiger partial charge is 0.481 e. The molecule has 0 aliphatic rings. The molecule has 0 fully saturated rings. The van der Waals surface area contributed by atoms with Crippen LogP contribution in [0.5, 0.6) is 0 Å². The molecule has 1 aromatic carbocycles. The van der Waals surface area contributed by atoms with E-state index in [1.54, 1.807) is 0 Å². The lowest BCUT2D eigenvalue weighted by Gasteiger charge is -2.20. The fourth-order valence-electron chi connectivity index (χ4n) is 1.56. The summed E-state index contributed by atoms with van der Waals surface area (Å²) in [5.41, 5.74) is 1.87. The van der Waals surface area contributed by atoms with Gasteiger partial charge in [0.15, 0.2) is 0 Å². The molecule has 0 spiro atoms. The van der Waals surface area contributed by atoms with Gasteiger partial charge >= 0.3 is 5.97 Å². The number of sulfonamides is 1. The average molecular weight is 271 g/mol. The maximum atomic E-state index is 11.6. The number of nitrogens with zero attached hydrogens (tertiary/aromatic N) is 1. The van der Waals surface area contributed by atoms with E-state index in [0.717, 1.165) is 17.4 Å². The maximum absolute atomic E-state index is 11.6. The van der Waals surface area contributed by atoms with Crippen molar-refractivity contribution in [3.05, 3.63) is 35.4 Å². The molecule has 0 aliphatic carbocycles. The third kappa shape index (κ3) is 4.46. The third-order valence-electron chi connectivity index (χ3n) is 2.65. The number of hydrogen-bond acceptors (Lipinski definition) is 3. The molecule has 1 rings (SSSR count). The summed E-state index contributed by atoms with van der Waals surface area (Å²) in [5, 5.41) is 8.63. The fraction of sp³-hybridized carbons (Fsp3) is 0.417. The van der Waals surface area contributed by atoms with Gasteiger partial charge in [0.05, 0.1) is 12.7 Å². The number of aliphatic carboxylic acids is 1. The zero-order chi connectivity index (χ0) is 13.8. The number of carboxylic acid groups (broad SMARTS) is 1. The van der Waals surface area contributed by atoms with Crippen LogP contribution in [0.25, 0.3) is 0 Å². The molecule has 100 valence electrons. The summed E-state index contributed by atoms with van der Waals surface area (Å²) in [6.45, 7) is 2.09. The molecule has 0 saturated heterocycles. The zero-order valence-corrected chi connectivity index (χ0v) is 11.3. The highest BCUT2D eigenvalue weighted by Gasteiger charge is 2.18. The first kappa shape index (κ1) is 14.7. The van der Waals surface area contributed by atoms with Crippen LogP contribution in [-0.4, -0.2) is 36.6 Å². The highest BCUT2D eigenvalue weighted by molar-refractivity contribution is 7.88. The van der Waals surface area contributed by atoms with Crippen molar-refractivity contribution in [1.82, 2.24) is 4.31 Å². The second-order valence-corrected chi connectivity index (χ2v) is 6.15. The summed E-state index contributed by atoms with van der Waals surface area (Å²) >= 11 is 0. The molecule has 0 heterocycles. The van der Waals surface area contributed by atoms with Crippen LogP contribution in [0.2, 0.25) is 0 Å². The Labute approximate surface area is 107 Å². The van der Waals surface area contributed by atoms with Gasteiger partial charge in [-0.05, 0) is 18.1 Å². The average Bonchev–Trinajstić information content (AvgIpc) is 2.24. The second kappa shape index (κ2) is 5.97. The second-order valence-electron chi connectivity index (χ2n) is 4.17. The Morgan fingerprint density at radius 1 is 1.33 bits per heavy atom. The van der Waals surface area contributed by atoms with Crippen LogP contribution < -0.4 is 0 Å². The molecule has 1 aromatic rings. The molecule has 0 aromatic heterocycles. The van der Waals surface area contributed by atoms with Crippen molar-refractivity contribution < 1.29 is 18.3 Å². The molecule has 0 aliphatic heterocycles. The van der Waals surface area contributed by atoms with Crippen LogP contribution in [0.4, 0.5) is 0 Å². The van der Waals surface area contributed by atoms with E-state index < -0.39 is 16.0 Å². The van der Waals surface area contributed by atoms with Gasteiger partial charge in [-0.2, -0.15) is 4.31 Å². The predicted molar refractivity (Wildman–Crippen MR) is 68.7 cm³/mol. The van der Waals surface area contributed by atoms with Crippen LogP contribution in [0.1, 0.15) is 17.5 Å². The van der Waals surface area contributed by atoms with Gasteiger partial charge in [-0.15, -0.1) is 0 Å². The van der Waals surface area contributed by atoms with E-state index in [-0.39, 0.29) is 19.5 Å². The van der Waals surface area contributed by atoms with Crippen molar-refractivity contribution in [3.63, 3.8) is 0 Å². The minimum Gasteiger partial charge on any atom is -0.481 e. The summed E-state index contributed by atoms with van der Waals surface area (Å²) in [6, 6.07) is 7.45. The summed E-state index contributed by atoms with van der Waals surface area (Å²) in [5.74, 6) is -1.01. The third-order valence-corrected chi connectivity index (χ3v) is 3.90. The molecule has 0 bridgehead atoms. The Kier molecular flexibility index (Phi) is 4.86. The van der Waals surface area contributed by atoms with E-state index >= 15 is 0 Å². The summed E-state index contributed by atoms with van der Waals surface area (Å²) < 4.78 is 24.4. The van der Waals surface area contributed by atoms with E-state index in [2.05, 4.69) is 0 Å². The van der Waals surface area contributed by atoms with Gasteiger partial charge in [0.25, 0.3) is 0 Å². The lowest BCUT2D eigenvalue weighted by Crippen LogP contribution is -2.31. The molecule has 0 amide bonds. The SMILES string of the molecule is Cc1ccccc1CN(CCC(=O)O)S(C)(=O)=O. The molecule has 0 unspecified atom stereocenters. The number of benzene rings is 1. The van der Waals surface area contributed by atoms with E-state index in [1.165, 1.54) is 4.31 Å². The van der Waals surface area contributed by atoms with Crippen molar-refractivity contribution in [2.45, 2.75) is 19.9 Å². The summed E-state index contributed by atoms with van der Waals surface area (Å²) in [4.78, 5) is 10.5. The molecule has 0 saturated carbocycles.